The summed E-state index contributed by atoms with van der Waals surface area (Å²) >= 11 is 2.03. The maximum absolute atomic E-state index is 3.72. The molecule has 2 atom stereocenters. The Bertz CT molecular complexity index is 444. The van der Waals surface area contributed by atoms with Crippen molar-refractivity contribution in [1.29, 1.82) is 0 Å². The first kappa shape index (κ1) is 12.7. The molecular formula is C16H25NS. The van der Waals surface area contributed by atoms with Gasteiger partial charge in [0.1, 0.15) is 0 Å². The molecule has 100 valence electrons. The molecule has 1 N–H and O–H groups in total. The van der Waals surface area contributed by atoms with Gasteiger partial charge in [-0.05, 0) is 49.3 Å². The van der Waals surface area contributed by atoms with E-state index in [9.17, 15) is 0 Å². The first-order valence-electron chi connectivity index (χ1n) is 7.32. The lowest BCUT2D eigenvalue weighted by Gasteiger charge is -2.12. The smallest absolute Gasteiger partial charge is 0.0119 e. The van der Waals surface area contributed by atoms with Gasteiger partial charge in [0.05, 0.1) is 0 Å². The Labute approximate surface area is 115 Å². The van der Waals surface area contributed by atoms with E-state index in [1.165, 1.54) is 30.7 Å². The monoisotopic (exact) mass is 263 g/mol. The first-order valence-corrected chi connectivity index (χ1v) is 8.14. The first-order chi connectivity index (χ1) is 8.50. The van der Waals surface area contributed by atoms with Crippen LogP contribution in [0.4, 0.5) is 0 Å². The predicted octanol–water partition coefficient (Wildman–Crippen LogP) is 3.98. The molecule has 1 nitrogen and oxygen atoms in total. The molecule has 0 radical (unpaired) electrons. The third-order valence-electron chi connectivity index (χ3n) is 5.53. The van der Waals surface area contributed by atoms with E-state index < -0.39 is 0 Å². The molecule has 2 saturated carbocycles. The van der Waals surface area contributed by atoms with Crippen LogP contribution in [0.15, 0.2) is 12.1 Å². The van der Waals surface area contributed by atoms with Crippen LogP contribution in [-0.2, 0) is 11.8 Å². The average Bonchev–Trinajstić information content (AvgIpc) is 3.14. The van der Waals surface area contributed by atoms with Crippen LogP contribution in [0.25, 0.3) is 0 Å². The molecule has 0 aliphatic heterocycles. The molecule has 2 aliphatic rings. The van der Waals surface area contributed by atoms with Crippen LogP contribution in [0.1, 0.15) is 50.3 Å². The van der Waals surface area contributed by atoms with Crippen LogP contribution < -0.4 is 5.32 Å². The SMILES string of the molecule is CCc1ccc(C2(C)C(CNC3CC3)C2(C)C)s1. The van der Waals surface area contributed by atoms with E-state index in [1.54, 1.807) is 4.88 Å². The number of hydrogen-bond donors (Lipinski definition) is 1. The highest BCUT2D eigenvalue weighted by Crippen LogP contribution is 2.69. The fraction of sp³-hybridized carbons (Fsp3) is 0.750. The minimum absolute atomic E-state index is 0.396. The van der Waals surface area contributed by atoms with Gasteiger partial charge in [0, 0.05) is 21.2 Å². The van der Waals surface area contributed by atoms with E-state index in [0.717, 1.165) is 12.0 Å². The predicted molar refractivity (Wildman–Crippen MR) is 79.3 cm³/mol. The Morgan fingerprint density at radius 2 is 2.00 bits per heavy atom. The quantitative estimate of drug-likeness (QED) is 0.847. The fourth-order valence-electron chi connectivity index (χ4n) is 3.47. The van der Waals surface area contributed by atoms with E-state index in [2.05, 4.69) is 45.1 Å². The highest BCUT2D eigenvalue weighted by molar-refractivity contribution is 7.12. The van der Waals surface area contributed by atoms with Crippen LogP contribution in [-0.4, -0.2) is 12.6 Å². The molecule has 2 heteroatoms. The van der Waals surface area contributed by atoms with Gasteiger partial charge in [0.2, 0.25) is 0 Å². The van der Waals surface area contributed by atoms with Gasteiger partial charge in [-0.3, -0.25) is 0 Å². The zero-order chi connectivity index (χ0) is 13.0. The summed E-state index contributed by atoms with van der Waals surface area (Å²) in [7, 11) is 0. The second kappa shape index (κ2) is 4.08. The average molecular weight is 263 g/mol. The molecule has 2 unspecified atom stereocenters. The zero-order valence-corrected chi connectivity index (χ0v) is 12.9. The van der Waals surface area contributed by atoms with Crippen molar-refractivity contribution in [1.82, 2.24) is 5.32 Å². The van der Waals surface area contributed by atoms with E-state index in [1.807, 2.05) is 11.3 Å². The van der Waals surface area contributed by atoms with Gasteiger partial charge < -0.3 is 5.32 Å². The Balaban J connectivity index is 1.76. The summed E-state index contributed by atoms with van der Waals surface area (Å²) in [5, 5.41) is 3.72. The summed E-state index contributed by atoms with van der Waals surface area (Å²) in [5.74, 6) is 0.800. The van der Waals surface area contributed by atoms with E-state index >= 15 is 0 Å². The molecule has 1 aromatic heterocycles. The fourth-order valence-corrected chi connectivity index (χ4v) is 4.79. The molecule has 0 amide bonds. The van der Waals surface area contributed by atoms with E-state index in [-0.39, 0.29) is 0 Å². The standard InChI is InChI=1S/C16H25NS/c1-5-12-8-9-14(18-12)16(4)13(15(16,2)3)10-17-11-6-7-11/h8-9,11,13,17H,5-7,10H2,1-4H3. The lowest BCUT2D eigenvalue weighted by molar-refractivity contribution is 0.507. The van der Waals surface area contributed by atoms with Crippen molar-refractivity contribution in [2.75, 3.05) is 6.54 Å². The lowest BCUT2D eigenvalue weighted by Crippen LogP contribution is -2.22. The van der Waals surface area contributed by atoms with Crippen molar-refractivity contribution in [2.24, 2.45) is 11.3 Å². The van der Waals surface area contributed by atoms with Gasteiger partial charge in [0.15, 0.2) is 0 Å². The summed E-state index contributed by atoms with van der Waals surface area (Å²) in [5.41, 5.74) is 0.845. The van der Waals surface area contributed by atoms with E-state index in [0.29, 0.717) is 10.8 Å². The minimum atomic E-state index is 0.396. The Morgan fingerprint density at radius 3 is 2.56 bits per heavy atom. The maximum atomic E-state index is 3.72. The van der Waals surface area contributed by atoms with Gasteiger partial charge in [-0.15, -0.1) is 11.3 Å². The highest BCUT2D eigenvalue weighted by atomic mass is 32.1. The van der Waals surface area contributed by atoms with Crippen LogP contribution in [0, 0.1) is 11.3 Å². The Morgan fingerprint density at radius 1 is 1.28 bits per heavy atom. The summed E-state index contributed by atoms with van der Waals surface area (Å²) in [6.07, 6.45) is 3.96. The van der Waals surface area contributed by atoms with Crippen molar-refractivity contribution in [2.45, 2.75) is 58.4 Å². The molecule has 0 spiro atoms. The van der Waals surface area contributed by atoms with Crippen LogP contribution in [0.5, 0.6) is 0 Å². The van der Waals surface area contributed by atoms with E-state index in [4.69, 9.17) is 0 Å². The van der Waals surface area contributed by atoms with Crippen molar-refractivity contribution >= 4 is 11.3 Å². The molecular weight excluding hydrogens is 238 g/mol. The van der Waals surface area contributed by atoms with Gasteiger partial charge in [-0.1, -0.05) is 27.7 Å². The Hall–Kier alpha value is -0.340. The number of thiophene rings is 1. The minimum Gasteiger partial charge on any atom is -0.314 e. The second-order valence-electron chi connectivity index (χ2n) is 6.78. The summed E-state index contributed by atoms with van der Waals surface area (Å²) in [6.45, 7) is 10.8. The van der Waals surface area contributed by atoms with Crippen LogP contribution >= 0.6 is 11.3 Å². The molecule has 1 aromatic rings. The third-order valence-corrected chi connectivity index (χ3v) is 7.00. The molecule has 0 aromatic carbocycles. The zero-order valence-electron chi connectivity index (χ0n) is 12.0. The van der Waals surface area contributed by atoms with Gasteiger partial charge >= 0.3 is 0 Å². The molecule has 2 aliphatic carbocycles. The van der Waals surface area contributed by atoms with Crippen molar-refractivity contribution in [3.8, 4) is 0 Å². The van der Waals surface area contributed by atoms with Crippen molar-refractivity contribution in [3.05, 3.63) is 21.9 Å². The van der Waals surface area contributed by atoms with Gasteiger partial charge in [-0.2, -0.15) is 0 Å². The molecule has 0 saturated heterocycles. The van der Waals surface area contributed by atoms with Gasteiger partial charge in [0.25, 0.3) is 0 Å². The number of hydrogen-bond acceptors (Lipinski definition) is 2. The highest BCUT2D eigenvalue weighted by Gasteiger charge is 2.68. The molecule has 0 bridgehead atoms. The summed E-state index contributed by atoms with van der Waals surface area (Å²) in [4.78, 5) is 3.13. The lowest BCUT2D eigenvalue weighted by atomic mass is 9.96. The number of rotatable bonds is 5. The molecule has 1 heterocycles. The maximum Gasteiger partial charge on any atom is 0.0119 e. The third kappa shape index (κ3) is 1.77. The van der Waals surface area contributed by atoms with Crippen molar-refractivity contribution < 1.29 is 0 Å². The Kier molecular flexibility index (Phi) is 2.87. The molecule has 18 heavy (non-hydrogen) atoms. The molecule has 2 fully saturated rings. The van der Waals surface area contributed by atoms with Gasteiger partial charge in [-0.25, -0.2) is 0 Å². The topological polar surface area (TPSA) is 12.0 Å². The second-order valence-corrected chi connectivity index (χ2v) is 7.95. The largest absolute Gasteiger partial charge is 0.314 e. The normalized spacial score (nSPS) is 33.7. The summed E-state index contributed by atoms with van der Waals surface area (Å²) < 4.78 is 0. The van der Waals surface area contributed by atoms with Crippen LogP contribution in [0.3, 0.4) is 0 Å². The number of nitrogens with one attached hydrogen (secondary N) is 1. The van der Waals surface area contributed by atoms with Crippen LogP contribution in [0.2, 0.25) is 0 Å². The summed E-state index contributed by atoms with van der Waals surface area (Å²) in [6, 6.07) is 5.54. The number of aryl methyl sites for hydroxylation is 1. The van der Waals surface area contributed by atoms with Crippen molar-refractivity contribution in [3.63, 3.8) is 0 Å². The molecule has 3 rings (SSSR count).